The molecular weight excluding hydrogens is 448 g/mol. The topological polar surface area (TPSA) is 105 Å². The van der Waals surface area contributed by atoms with Gasteiger partial charge in [0, 0.05) is 13.0 Å². The molecule has 1 heterocycles. The van der Waals surface area contributed by atoms with Crippen LogP contribution in [0.25, 0.3) is 11.1 Å². The quantitative estimate of drug-likeness (QED) is 0.504. The summed E-state index contributed by atoms with van der Waals surface area (Å²) in [7, 11) is 1.25. The van der Waals surface area contributed by atoms with Crippen molar-refractivity contribution >= 4 is 18.0 Å². The number of fused-ring (bicyclic) bond motifs is 3. The number of hydrogen-bond acceptors (Lipinski definition) is 6. The second-order valence-corrected chi connectivity index (χ2v) is 9.60. The maximum Gasteiger partial charge on any atom is 0.408 e. The zero-order chi connectivity index (χ0) is 25.1. The second-order valence-electron chi connectivity index (χ2n) is 9.60. The van der Waals surface area contributed by atoms with E-state index in [4.69, 9.17) is 9.47 Å². The molecule has 3 atom stereocenters. The molecule has 2 aliphatic rings. The van der Waals surface area contributed by atoms with Gasteiger partial charge in [-0.1, -0.05) is 56.3 Å². The van der Waals surface area contributed by atoms with Gasteiger partial charge < -0.3 is 24.8 Å². The van der Waals surface area contributed by atoms with Crippen molar-refractivity contribution in [3.63, 3.8) is 0 Å². The molecule has 1 fully saturated rings. The van der Waals surface area contributed by atoms with Crippen LogP contribution in [0.5, 0.6) is 0 Å². The monoisotopic (exact) mass is 480 g/mol. The van der Waals surface area contributed by atoms with Gasteiger partial charge in [-0.15, -0.1) is 0 Å². The maximum atomic E-state index is 13.3. The summed E-state index contributed by atoms with van der Waals surface area (Å²) in [5, 5.41) is 12.7. The van der Waals surface area contributed by atoms with E-state index in [0.29, 0.717) is 6.42 Å². The molecule has 35 heavy (non-hydrogen) atoms. The average molecular weight is 481 g/mol. The van der Waals surface area contributed by atoms with E-state index in [9.17, 15) is 19.5 Å². The predicted molar refractivity (Wildman–Crippen MR) is 129 cm³/mol. The second kappa shape index (κ2) is 10.5. The number of likely N-dealkylation sites (tertiary alicyclic amines) is 1. The maximum absolute atomic E-state index is 13.3. The number of benzene rings is 2. The Kier molecular flexibility index (Phi) is 7.40. The molecule has 1 aliphatic heterocycles. The van der Waals surface area contributed by atoms with Crippen LogP contribution in [0.3, 0.4) is 0 Å². The number of methoxy groups -OCH3 is 1. The Morgan fingerprint density at radius 3 is 2.60 bits per heavy atom. The number of aliphatic hydroxyl groups excluding tert-OH is 1. The fraction of sp³-hybridized carbons (Fsp3) is 0.444. The smallest absolute Gasteiger partial charge is 0.408 e. The molecule has 1 aliphatic carbocycles. The number of nitrogens with zero attached hydrogens (tertiary/aromatic N) is 1. The minimum Gasteiger partial charge on any atom is -0.467 e. The summed E-state index contributed by atoms with van der Waals surface area (Å²) in [6.07, 6.45) is -0.262. The van der Waals surface area contributed by atoms with E-state index in [1.807, 2.05) is 38.1 Å². The molecule has 0 bridgehead atoms. The zero-order valence-electron chi connectivity index (χ0n) is 20.3. The molecule has 8 nitrogen and oxygen atoms in total. The lowest BCUT2D eigenvalue weighted by Gasteiger charge is -2.28. The normalized spacial score (nSPS) is 19.2. The number of carbonyl (C=O) groups excluding carboxylic acids is 3. The first-order valence-electron chi connectivity index (χ1n) is 12.0. The van der Waals surface area contributed by atoms with Gasteiger partial charge in [-0.25, -0.2) is 9.59 Å². The lowest BCUT2D eigenvalue weighted by Crippen LogP contribution is -2.52. The van der Waals surface area contributed by atoms with E-state index in [0.717, 1.165) is 23.1 Å². The van der Waals surface area contributed by atoms with Crippen LogP contribution in [-0.2, 0) is 32.1 Å². The number of aliphatic hydroxyl groups is 1. The third-order valence-electron chi connectivity index (χ3n) is 6.64. The Hall–Kier alpha value is -3.39. The molecular formula is C27H32N2O6. The van der Waals surface area contributed by atoms with Crippen LogP contribution < -0.4 is 5.32 Å². The summed E-state index contributed by atoms with van der Waals surface area (Å²) in [5.74, 6) is -0.914. The Labute approximate surface area is 205 Å². The van der Waals surface area contributed by atoms with Crippen LogP contribution >= 0.6 is 0 Å². The van der Waals surface area contributed by atoms with Gasteiger partial charge in [0.2, 0.25) is 5.91 Å². The highest BCUT2D eigenvalue weighted by atomic mass is 16.5. The number of rotatable bonds is 7. The van der Waals surface area contributed by atoms with Crippen molar-refractivity contribution in [3.05, 3.63) is 59.2 Å². The van der Waals surface area contributed by atoms with E-state index in [-0.39, 0.29) is 25.5 Å². The van der Waals surface area contributed by atoms with E-state index in [2.05, 4.69) is 23.5 Å². The van der Waals surface area contributed by atoms with Crippen LogP contribution in [0.15, 0.2) is 42.5 Å². The molecule has 0 aromatic heterocycles. The number of ether oxygens (including phenoxy) is 2. The Bertz CT molecular complexity index is 1110. The van der Waals surface area contributed by atoms with Gasteiger partial charge in [-0.3, -0.25) is 4.79 Å². The van der Waals surface area contributed by atoms with Crippen LogP contribution in [0, 0.1) is 5.92 Å². The molecule has 1 unspecified atom stereocenters. The van der Waals surface area contributed by atoms with Gasteiger partial charge in [0.15, 0.2) is 0 Å². The Morgan fingerprint density at radius 2 is 1.86 bits per heavy atom. The summed E-state index contributed by atoms with van der Waals surface area (Å²) in [6.45, 7) is 3.98. The molecule has 1 saturated heterocycles. The van der Waals surface area contributed by atoms with Gasteiger partial charge in [0.25, 0.3) is 0 Å². The zero-order valence-corrected chi connectivity index (χ0v) is 20.3. The highest BCUT2D eigenvalue weighted by molar-refractivity contribution is 5.90. The van der Waals surface area contributed by atoms with E-state index in [1.165, 1.54) is 23.1 Å². The molecule has 2 aromatic rings. The van der Waals surface area contributed by atoms with Gasteiger partial charge in [-0.05, 0) is 46.6 Å². The van der Waals surface area contributed by atoms with Crippen LogP contribution in [0.4, 0.5) is 4.79 Å². The Balaban J connectivity index is 1.43. The lowest BCUT2D eigenvalue weighted by atomic mass is 10.0. The average Bonchev–Trinajstić information content (AvgIpc) is 3.42. The highest BCUT2D eigenvalue weighted by Crippen LogP contribution is 2.38. The third kappa shape index (κ3) is 5.32. The fourth-order valence-electron chi connectivity index (χ4n) is 5.00. The first-order valence-corrected chi connectivity index (χ1v) is 12.0. The van der Waals surface area contributed by atoms with Crippen molar-refractivity contribution in [2.45, 2.75) is 57.9 Å². The summed E-state index contributed by atoms with van der Waals surface area (Å²) >= 11 is 0. The van der Waals surface area contributed by atoms with Crippen LogP contribution in [0.1, 0.15) is 43.4 Å². The van der Waals surface area contributed by atoms with Crippen molar-refractivity contribution < 1.29 is 29.0 Å². The van der Waals surface area contributed by atoms with Gasteiger partial charge in [0.05, 0.1) is 13.2 Å². The van der Waals surface area contributed by atoms with Crippen molar-refractivity contribution in [2.24, 2.45) is 5.92 Å². The molecule has 2 amide bonds. The molecule has 4 rings (SSSR count). The molecule has 8 heteroatoms. The molecule has 2 N–H and O–H groups in total. The minimum atomic E-state index is -0.884. The first-order chi connectivity index (χ1) is 16.8. The third-order valence-corrected chi connectivity index (χ3v) is 6.64. The standard InChI is InChI=1S/C27H32N2O6/c1-16(2)11-23(25(31)29-14-19(30)13-24(29)26(32)34-3)28-27(33)35-15-18-8-6-10-21-20-9-5-4-7-17(20)12-22(18)21/h4-10,16,19,23-24,30H,11-15H2,1-3H3,(H,28,33)/t19?,23-,24-/m0/s1. The van der Waals surface area contributed by atoms with E-state index < -0.39 is 36.2 Å². The highest BCUT2D eigenvalue weighted by Gasteiger charge is 2.42. The number of carbonyl (C=O) groups is 3. The summed E-state index contributed by atoms with van der Waals surface area (Å²) in [5.41, 5.74) is 5.66. The SMILES string of the molecule is COC(=O)[C@@H]1CC(O)CN1C(=O)[C@H](CC(C)C)NC(=O)OCc1cccc2c1Cc1ccccc1-2. The minimum absolute atomic E-state index is 0.0145. The van der Waals surface area contributed by atoms with Gasteiger partial charge in [-0.2, -0.15) is 0 Å². The first kappa shape index (κ1) is 24.7. The molecule has 0 spiro atoms. The summed E-state index contributed by atoms with van der Waals surface area (Å²) in [4.78, 5) is 39.5. The predicted octanol–water partition coefficient (Wildman–Crippen LogP) is 3.03. The largest absolute Gasteiger partial charge is 0.467 e. The lowest BCUT2D eigenvalue weighted by molar-refractivity contribution is -0.151. The van der Waals surface area contributed by atoms with Gasteiger partial charge in [0.1, 0.15) is 18.7 Å². The number of hydrogen-bond donors (Lipinski definition) is 2. The molecule has 2 aromatic carbocycles. The van der Waals surface area contributed by atoms with Crippen molar-refractivity contribution in [1.29, 1.82) is 0 Å². The van der Waals surface area contributed by atoms with Gasteiger partial charge >= 0.3 is 12.1 Å². The molecule has 186 valence electrons. The number of esters is 1. The van der Waals surface area contributed by atoms with Crippen molar-refractivity contribution in [1.82, 2.24) is 10.2 Å². The molecule has 0 saturated carbocycles. The van der Waals surface area contributed by atoms with Crippen LogP contribution in [-0.4, -0.2) is 59.8 Å². The number of amides is 2. The van der Waals surface area contributed by atoms with Crippen molar-refractivity contribution in [2.75, 3.05) is 13.7 Å². The fourth-order valence-corrected chi connectivity index (χ4v) is 5.00. The number of alkyl carbamates (subject to hydrolysis) is 1. The summed E-state index contributed by atoms with van der Waals surface area (Å²) < 4.78 is 10.3. The summed E-state index contributed by atoms with van der Waals surface area (Å²) in [6, 6.07) is 12.4. The molecule has 0 radical (unpaired) electrons. The van der Waals surface area contributed by atoms with E-state index >= 15 is 0 Å². The van der Waals surface area contributed by atoms with E-state index in [1.54, 1.807) is 0 Å². The Morgan fingerprint density at radius 1 is 1.11 bits per heavy atom. The van der Waals surface area contributed by atoms with Crippen LogP contribution in [0.2, 0.25) is 0 Å². The number of β-amino-alcohol motifs (C(OH)–C–C–N with tert-alkyl or cyclic N) is 1. The number of nitrogens with one attached hydrogen (secondary N) is 1. The van der Waals surface area contributed by atoms with Crippen molar-refractivity contribution in [3.8, 4) is 11.1 Å².